The number of imidazole rings is 1. The maximum absolute atomic E-state index is 13.4. The zero-order chi connectivity index (χ0) is 26.8. The highest BCUT2D eigenvalue weighted by Crippen LogP contribution is 2.41. The van der Waals surface area contributed by atoms with Crippen molar-refractivity contribution in [3.05, 3.63) is 107 Å². The lowest BCUT2D eigenvalue weighted by molar-refractivity contribution is 0.0375. The van der Waals surface area contributed by atoms with Crippen LogP contribution in [0.15, 0.2) is 89.7 Å². The number of aromatic nitrogens is 2. The molecule has 7 heteroatoms. The summed E-state index contributed by atoms with van der Waals surface area (Å²) in [5.41, 5.74) is 4.20. The molecule has 2 saturated heterocycles. The molecule has 202 valence electrons. The van der Waals surface area contributed by atoms with Gasteiger partial charge in [-0.05, 0) is 55.9 Å². The Hall–Kier alpha value is -3.84. The normalized spacial score (nSPS) is 21.4. The molecule has 2 aliphatic heterocycles. The number of carbonyl (C=O) groups is 1. The van der Waals surface area contributed by atoms with Crippen LogP contribution in [-0.4, -0.2) is 50.2 Å². The monoisotopic (exact) mass is 524 g/mol. The fourth-order valence-corrected chi connectivity index (χ4v) is 6.47. The van der Waals surface area contributed by atoms with Gasteiger partial charge in [0.25, 0.3) is 0 Å². The van der Waals surface area contributed by atoms with Crippen molar-refractivity contribution in [1.82, 2.24) is 19.4 Å². The van der Waals surface area contributed by atoms with Crippen LogP contribution in [0.3, 0.4) is 0 Å². The summed E-state index contributed by atoms with van der Waals surface area (Å²) in [4.78, 5) is 33.5. The molecule has 6 rings (SSSR count). The number of H-pyrrole nitrogens is 1. The fraction of sp³-hybridized carbons (Fsp3) is 0.375. The van der Waals surface area contributed by atoms with E-state index in [0.29, 0.717) is 6.61 Å². The second-order valence-corrected chi connectivity index (χ2v) is 11.0. The number of ether oxygens (including phenoxy) is 1. The number of benzene rings is 3. The summed E-state index contributed by atoms with van der Waals surface area (Å²) in [6.07, 6.45) is 3.24. The third kappa shape index (κ3) is 5.36. The standard InChI is InChI=1S/C32H36N4O3/c1-23(34(20-24-10-4-2-5-11-24)21-25-12-6-3-7-13-25)22-39-32(38)35-26-16-17-27(35)19-28(18-26)36-30-15-9-8-14-29(30)33-31(36)37/h2-15,23,26-28H,16-22H2,1H3,(H,33,37). The molecular formula is C32H36N4O3. The summed E-state index contributed by atoms with van der Waals surface area (Å²) in [6, 6.07) is 29.0. The fourth-order valence-electron chi connectivity index (χ4n) is 6.47. The first-order chi connectivity index (χ1) is 19.1. The van der Waals surface area contributed by atoms with Crippen molar-refractivity contribution in [3.8, 4) is 0 Å². The highest BCUT2D eigenvalue weighted by Gasteiger charge is 2.45. The number of fused-ring (bicyclic) bond motifs is 3. The number of rotatable bonds is 8. The third-order valence-electron chi connectivity index (χ3n) is 8.44. The average Bonchev–Trinajstić information content (AvgIpc) is 3.44. The molecule has 4 aromatic rings. The number of piperidine rings is 1. The molecule has 0 radical (unpaired) electrons. The summed E-state index contributed by atoms with van der Waals surface area (Å²) in [6.45, 7) is 4.03. The van der Waals surface area contributed by atoms with E-state index in [9.17, 15) is 9.59 Å². The van der Waals surface area contributed by atoms with Crippen LogP contribution >= 0.6 is 0 Å². The van der Waals surface area contributed by atoms with Crippen molar-refractivity contribution < 1.29 is 9.53 Å². The highest BCUT2D eigenvalue weighted by molar-refractivity contribution is 5.75. The predicted molar refractivity (Wildman–Crippen MR) is 152 cm³/mol. The van der Waals surface area contributed by atoms with Crippen molar-refractivity contribution in [2.75, 3.05) is 6.61 Å². The Balaban J connectivity index is 1.11. The van der Waals surface area contributed by atoms with E-state index in [-0.39, 0.29) is 36.0 Å². The minimum absolute atomic E-state index is 0.0503. The first-order valence-electron chi connectivity index (χ1n) is 14.0. The van der Waals surface area contributed by atoms with Crippen molar-refractivity contribution in [2.45, 2.75) is 69.9 Å². The Bertz CT molecular complexity index is 1410. The molecule has 2 fully saturated rings. The number of nitrogens with zero attached hydrogens (tertiary/aromatic N) is 3. The van der Waals surface area contributed by atoms with Gasteiger partial charge in [-0.15, -0.1) is 0 Å². The topological polar surface area (TPSA) is 70.6 Å². The Morgan fingerprint density at radius 3 is 2.05 bits per heavy atom. The van der Waals surface area contributed by atoms with Gasteiger partial charge in [-0.25, -0.2) is 9.59 Å². The Kier molecular flexibility index (Phi) is 7.24. The second-order valence-electron chi connectivity index (χ2n) is 11.0. The lowest BCUT2D eigenvalue weighted by Gasteiger charge is -2.39. The van der Waals surface area contributed by atoms with E-state index in [2.05, 4.69) is 65.3 Å². The Morgan fingerprint density at radius 1 is 0.872 bits per heavy atom. The third-order valence-corrected chi connectivity index (χ3v) is 8.44. The van der Waals surface area contributed by atoms with E-state index in [0.717, 1.165) is 49.8 Å². The van der Waals surface area contributed by atoms with E-state index in [4.69, 9.17) is 4.74 Å². The minimum Gasteiger partial charge on any atom is -0.448 e. The van der Waals surface area contributed by atoms with Gasteiger partial charge in [0.15, 0.2) is 0 Å². The minimum atomic E-state index is -0.224. The number of aromatic amines is 1. The van der Waals surface area contributed by atoms with Gasteiger partial charge >= 0.3 is 11.8 Å². The summed E-state index contributed by atoms with van der Waals surface area (Å²) >= 11 is 0. The number of hydrogen-bond donors (Lipinski definition) is 1. The molecule has 3 aromatic carbocycles. The lowest BCUT2D eigenvalue weighted by atomic mass is 9.97. The van der Waals surface area contributed by atoms with Gasteiger partial charge in [-0.2, -0.15) is 0 Å². The summed E-state index contributed by atoms with van der Waals surface area (Å²) in [5.74, 6) is 0. The van der Waals surface area contributed by atoms with Crippen molar-refractivity contribution in [2.24, 2.45) is 0 Å². The van der Waals surface area contributed by atoms with E-state index in [1.165, 1.54) is 11.1 Å². The molecule has 3 atom stereocenters. The molecule has 7 nitrogen and oxygen atoms in total. The Labute approximate surface area is 229 Å². The van der Waals surface area contributed by atoms with E-state index >= 15 is 0 Å². The number of amides is 1. The number of carbonyl (C=O) groups excluding carboxylic acids is 1. The molecule has 2 bridgehead atoms. The summed E-state index contributed by atoms with van der Waals surface area (Å²) in [7, 11) is 0. The predicted octanol–water partition coefficient (Wildman–Crippen LogP) is 5.73. The number of para-hydroxylation sites is 2. The van der Waals surface area contributed by atoms with Crippen LogP contribution in [0, 0.1) is 0 Å². The van der Waals surface area contributed by atoms with Gasteiger partial charge in [0.1, 0.15) is 6.61 Å². The largest absolute Gasteiger partial charge is 0.448 e. The number of hydrogen-bond acceptors (Lipinski definition) is 4. The highest BCUT2D eigenvalue weighted by atomic mass is 16.6. The molecule has 3 heterocycles. The van der Waals surface area contributed by atoms with E-state index in [1.54, 1.807) is 0 Å². The zero-order valence-electron chi connectivity index (χ0n) is 22.4. The quantitative estimate of drug-likeness (QED) is 0.320. The van der Waals surface area contributed by atoms with E-state index in [1.807, 2.05) is 45.9 Å². The van der Waals surface area contributed by atoms with Gasteiger partial charge < -0.3 is 14.6 Å². The van der Waals surface area contributed by atoms with Crippen LogP contribution < -0.4 is 5.69 Å². The second kappa shape index (κ2) is 11.1. The molecule has 2 aliphatic rings. The van der Waals surface area contributed by atoms with Gasteiger partial charge in [0.2, 0.25) is 0 Å². The van der Waals surface area contributed by atoms with Gasteiger partial charge in [0.05, 0.1) is 11.0 Å². The van der Waals surface area contributed by atoms with Crippen LogP contribution in [0.5, 0.6) is 0 Å². The molecule has 3 unspecified atom stereocenters. The van der Waals surface area contributed by atoms with Crippen molar-refractivity contribution in [1.29, 1.82) is 0 Å². The lowest BCUT2D eigenvalue weighted by Crippen LogP contribution is -2.48. The molecule has 0 aliphatic carbocycles. The molecule has 1 amide bonds. The van der Waals surface area contributed by atoms with Crippen LogP contribution in [0.4, 0.5) is 4.79 Å². The molecule has 1 N–H and O–H groups in total. The number of nitrogens with one attached hydrogen (secondary N) is 1. The molecule has 1 aromatic heterocycles. The SMILES string of the molecule is CC(COC(=O)N1C2CCC1CC(n1c(=O)[nH]c3ccccc31)C2)N(Cc1ccccc1)Cc1ccccc1. The smallest absolute Gasteiger partial charge is 0.410 e. The molecular weight excluding hydrogens is 488 g/mol. The first kappa shape index (κ1) is 25.4. The molecule has 0 saturated carbocycles. The van der Waals surface area contributed by atoms with Crippen LogP contribution in [0.2, 0.25) is 0 Å². The average molecular weight is 525 g/mol. The summed E-state index contributed by atoms with van der Waals surface area (Å²) < 4.78 is 7.87. The van der Waals surface area contributed by atoms with Crippen LogP contribution in [0.1, 0.15) is 49.8 Å². The van der Waals surface area contributed by atoms with Crippen molar-refractivity contribution in [3.63, 3.8) is 0 Å². The zero-order valence-corrected chi connectivity index (χ0v) is 22.4. The Morgan fingerprint density at radius 2 is 1.44 bits per heavy atom. The van der Waals surface area contributed by atoms with E-state index < -0.39 is 0 Å². The molecule has 39 heavy (non-hydrogen) atoms. The summed E-state index contributed by atoms with van der Waals surface area (Å²) in [5, 5.41) is 0. The van der Waals surface area contributed by atoms with Crippen LogP contribution in [-0.2, 0) is 17.8 Å². The van der Waals surface area contributed by atoms with Crippen LogP contribution in [0.25, 0.3) is 11.0 Å². The van der Waals surface area contributed by atoms with Gasteiger partial charge in [-0.3, -0.25) is 9.47 Å². The van der Waals surface area contributed by atoms with Crippen molar-refractivity contribution >= 4 is 17.1 Å². The maximum atomic E-state index is 13.4. The first-order valence-corrected chi connectivity index (χ1v) is 14.0. The van der Waals surface area contributed by atoms with Gasteiger partial charge in [-0.1, -0.05) is 72.8 Å². The molecule has 0 spiro atoms. The van der Waals surface area contributed by atoms with Gasteiger partial charge in [0, 0.05) is 37.3 Å². The maximum Gasteiger partial charge on any atom is 0.410 e.